The zero-order chi connectivity index (χ0) is 15.7. The summed E-state index contributed by atoms with van der Waals surface area (Å²) in [4.78, 5) is 11.3. The second kappa shape index (κ2) is 8.82. The Hall–Kier alpha value is -0.360. The molecule has 3 heteroatoms. The van der Waals surface area contributed by atoms with Gasteiger partial charge >= 0.3 is 126 Å². The molecule has 0 bridgehead atoms. The quantitative estimate of drug-likeness (QED) is 0.282. The van der Waals surface area contributed by atoms with Crippen LogP contribution in [0.2, 0.25) is 0 Å². The molecular weight excluding hydrogens is 267 g/mol. The molecular formula is C17H35O2P. The van der Waals surface area contributed by atoms with E-state index in [0.29, 0.717) is 0 Å². The molecule has 0 saturated heterocycles. The summed E-state index contributed by atoms with van der Waals surface area (Å²) in [6.07, 6.45) is 11.1. The van der Waals surface area contributed by atoms with E-state index in [1.54, 1.807) is 13.0 Å². The summed E-state index contributed by atoms with van der Waals surface area (Å²) in [5, 5.41) is 0. The van der Waals surface area contributed by atoms with Gasteiger partial charge in [0.05, 0.1) is 0 Å². The first kappa shape index (κ1) is 19.6. The predicted octanol–water partition coefficient (Wildman–Crippen LogP) is 5.60. The van der Waals surface area contributed by atoms with Gasteiger partial charge in [-0.05, 0) is 0 Å². The molecule has 0 rings (SSSR count). The Labute approximate surface area is 126 Å². The van der Waals surface area contributed by atoms with Gasteiger partial charge in [0.1, 0.15) is 0 Å². The van der Waals surface area contributed by atoms with Gasteiger partial charge in [0, 0.05) is 0 Å². The number of allylic oxidation sites excluding steroid dienone is 2. The van der Waals surface area contributed by atoms with Crippen LogP contribution in [0, 0.1) is 0 Å². The van der Waals surface area contributed by atoms with E-state index < -0.39 is 6.83 Å². The standard InChI is InChI=1S/C17H35O2P/c1-7-11-20(12-8-2,13-9-3,14-10-4)19-17(6)15-16(5)18/h15H,7-14H2,1-6H3/b17-15+. The van der Waals surface area contributed by atoms with Crippen molar-refractivity contribution in [2.24, 2.45) is 0 Å². The molecule has 0 aliphatic carbocycles. The van der Waals surface area contributed by atoms with E-state index in [1.165, 1.54) is 50.3 Å². The summed E-state index contributed by atoms with van der Waals surface area (Å²) < 4.78 is 6.67. The SMILES string of the molecule is CCCP(CCC)(CCC)(CCC)O/C(C)=C/C(C)=O. The zero-order valence-corrected chi connectivity index (χ0v) is 15.4. The zero-order valence-electron chi connectivity index (χ0n) is 14.5. The fourth-order valence-electron chi connectivity index (χ4n) is 3.84. The van der Waals surface area contributed by atoms with E-state index in [0.717, 1.165) is 5.76 Å². The molecule has 0 amide bonds. The third-order valence-electron chi connectivity index (χ3n) is 3.97. The van der Waals surface area contributed by atoms with Crippen molar-refractivity contribution in [2.75, 3.05) is 24.6 Å². The Balaban J connectivity index is 5.61. The van der Waals surface area contributed by atoms with E-state index in [-0.39, 0.29) is 5.78 Å². The van der Waals surface area contributed by atoms with Crippen LogP contribution >= 0.6 is 6.83 Å². The van der Waals surface area contributed by atoms with E-state index in [1.807, 2.05) is 6.92 Å². The first-order valence-corrected chi connectivity index (χ1v) is 11.2. The predicted molar refractivity (Wildman–Crippen MR) is 93.1 cm³/mol. The van der Waals surface area contributed by atoms with Gasteiger partial charge in [-0.1, -0.05) is 0 Å². The Morgan fingerprint density at radius 3 is 1.45 bits per heavy atom. The van der Waals surface area contributed by atoms with Gasteiger partial charge in [-0.3, -0.25) is 0 Å². The molecule has 0 unspecified atom stereocenters. The van der Waals surface area contributed by atoms with Crippen molar-refractivity contribution in [3.63, 3.8) is 0 Å². The van der Waals surface area contributed by atoms with Crippen molar-refractivity contribution in [1.82, 2.24) is 0 Å². The van der Waals surface area contributed by atoms with Gasteiger partial charge in [0.15, 0.2) is 0 Å². The summed E-state index contributed by atoms with van der Waals surface area (Å²) in [7, 11) is 0. The molecule has 0 aromatic heterocycles. The number of hydrogen-bond donors (Lipinski definition) is 0. The normalized spacial score (nSPS) is 14.7. The van der Waals surface area contributed by atoms with Crippen LogP contribution in [0.4, 0.5) is 0 Å². The van der Waals surface area contributed by atoms with Gasteiger partial charge in [0.2, 0.25) is 0 Å². The van der Waals surface area contributed by atoms with Crippen LogP contribution in [-0.2, 0) is 9.32 Å². The summed E-state index contributed by atoms with van der Waals surface area (Å²) >= 11 is 0. The van der Waals surface area contributed by atoms with Crippen LogP contribution in [0.5, 0.6) is 0 Å². The van der Waals surface area contributed by atoms with Crippen molar-refractivity contribution in [1.29, 1.82) is 0 Å². The first-order chi connectivity index (χ1) is 9.37. The van der Waals surface area contributed by atoms with E-state index in [2.05, 4.69) is 27.7 Å². The van der Waals surface area contributed by atoms with Crippen molar-refractivity contribution in [3.05, 3.63) is 11.8 Å². The Morgan fingerprint density at radius 2 is 1.20 bits per heavy atom. The maximum atomic E-state index is 11.3. The van der Waals surface area contributed by atoms with Crippen LogP contribution in [0.3, 0.4) is 0 Å². The summed E-state index contributed by atoms with van der Waals surface area (Å²) in [6, 6.07) is 0. The van der Waals surface area contributed by atoms with Crippen molar-refractivity contribution in [3.8, 4) is 0 Å². The monoisotopic (exact) mass is 302 g/mol. The molecule has 0 aromatic rings. The molecule has 0 saturated carbocycles. The third-order valence-corrected chi connectivity index (χ3v) is 11.1. The molecule has 0 radical (unpaired) electrons. The van der Waals surface area contributed by atoms with Gasteiger partial charge in [-0.15, -0.1) is 0 Å². The Morgan fingerprint density at radius 1 is 0.850 bits per heavy atom. The molecule has 0 aromatic carbocycles. The molecule has 0 fully saturated rings. The van der Waals surface area contributed by atoms with Crippen LogP contribution in [0.15, 0.2) is 11.8 Å². The molecule has 0 spiro atoms. The minimum atomic E-state index is -2.18. The number of ketones is 1. The number of rotatable bonds is 11. The number of hydrogen-bond acceptors (Lipinski definition) is 2. The van der Waals surface area contributed by atoms with Crippen LogP contribution in [0.25, 0.3) is 0 Å². The van der Waals surface area contributed by atoms with Crippen molar-refractivity contribution in [2.45, 2.75) is 67.2 Å². The van der Waals surface area contributed by atoms with Gasteiger partial charge in [-0.25, -0.2) is 0 Å². The number of carbonyl (C=O) groups is 1. The molecule has 120 valence electrons. The summed E-state index contributed by atoms with van der Waals surface area (Å²) in [5.74, 6) is 0.916. The fraction of sp³-hybridized carbons (Fsp3) is 0.824. The van der Waals surface area contributed by atoms with Crippen LogP contribution < -0.4 is 0 Å². The van der Waals surface area contributed by atoms with Crippen molar-refractivity contribution >= 4 is 12.6 Å². The van der Waals surface area contributed by atoms with Gasteiger partial charge < -0.3 is 0 Å². The fourth-order valence-corrected chi connectivity index (χ4v) is 10.9. The summed E-state index contributed by atoms with van der Waals surface area (Å²) in [6.45, 7) is 10.4. The molecule has 0 aliphatic heterocycles. The second-order valence-electron chi connectivity index (χ2n) is 6.21. The van der Waals surface area contributed by atoms with E-state index in [4.69, 9.17) is 4.52 Å². The average Bonchev–Trinajstić information content (AvgIpc) is 2.28. The second-order valence-corrected chi connectivity index (χ2v) is 11.9. The molecule has 20 heavy (non-hydrogen) atoms. The minimum absolute atomic E-state index is 0.0834. The van der Waals surface area contributed by atoms with Crippen LogP contribution in [-0.4, -0.2) is 30.4 Å². The molecule has 0 aliphatic rings. The molecule has 0 N–H and O–H groups in total. The maximum absolute atomic E-state index is 11.3. The van der Waals surface area contributed by atoms with E-state index in [9.17, 15) is 4.79 Å². The first-order valence-electron chi connectivity index (χ1n) is 8.26. The van der Waals surface area contributed by atoms with Crippen LogP contribution in [0.1, 0.15) is 67.2 Å². The van der Waals surface area contributed by atoms with E-state index >= 15 is 0 Å². The van der Waals surface area contributed by atoms with Crippen molar-refractivity contribution < 1.29 is 9.32 Å². The number of carbonyl (C=O) groups excluding carboxylic acids is 1. The third kappa shape index (κ3) is 5.56. The topological polar surface area (TPSA) is 26.3 Å². The Bertz CT molecular complexity index is 298. The summed E-state index contributed by atoms with van der Waals surface area (Å²) in [5.41, 5.74) is 0. The van der Waals surface area contributed by atoms with Gasteiger partial charge in [0.25, 0.3) is 0 Å². The molecule has 0 atom stereocenters. The molecule has 2 nitrogen and oxygen atoms in total. The Kier molecular flexibility index (Phi) is 8.66. The van der Waals surface area contributed by atoms with Gasteiger partial charge in [-0.2, -0.15) is 0 Å². The average molecular weight is 302 g/mol. The molecule has 0 heterocycles.